The van der Waals surface area contributed by atoms with Gasteiger partial charge in [0.15, 0.2) is 0 Å². The van der Waals surface area contributed by atoms with Gasteiger partial charge in [-0.1, -0.05) is 41.4 Å². The molecule has 1 aliphatic heterocycles. The van der Waals surface area contributed by atoms with Crippen molar-refractivity contribution in [2.24, 2.45) is 0 Å². The molecule has 1 heterocycles. The molecule has 0 spiro atoms. The fourth-order valence-electron chi connectivity index (χ4n) is 1.67. The summed E-state index contributed by atoms with van der Waals surface area (Å²) >= 11 is 3.61. The van der Waals surface area contributed by atoms with E-state index in [0.717, 1.165) is 11.6 Å². The van der Waals surface area contributed by atoms with E-state index in [2.05, 4.69) is 0 Å². The summed E-state index contributed by atoms with van der Waals surface area (Å²) < 4.78 is 52.0. The van der Waals surface area contributed by atoms with E-state index >= 15 is 0 Å². The molecule has 114 valence electrons. The molecule has 0 saturated heterocycles. The van der Waals surface area contributed by atoms with Crippen LogP contribution in [0.1, 0.15) is 11.1 Å². The summed E-state index contributed by atoms with van der Waals surface area (Å²) in [5.74, 6) is -2.97. The van der Waals surface area contributed by atoms with Gasteiger partial charge in [-0.25, -0.2) is 4.39 Å². The first kappa shape index (κ1) is 15.9. The second-order valence-corrected chi connectivity index (χ2v) is 6.77. The van der Waals surface area contributed by atoms with Crippen molar-refractivity contribution >= 4 is 33.5 Å². The van der Waals surface area contributed by atoms with Gasteiger partial charge in [-0.3, -0.25) is 4.79 Å². The molecule has 21 heavy (non-hydrogen) atoms. The molecule has 1 amide bonds. The largest absolute Gasteiger partial charge is 0.472 e. The van der Waals surface area contributed by atoms with Gasteiger partial charge >= 0.3 is 12.1 Å². The second kappa shape index (κ2) is 5.73. The number of hydrogen-bond donors (Lipinski definition) is 2. The maximum atomic E-state index is 13.6. The van der Waals surface area contributed by atoms with Gasteiger partial charge in [0.05, 0.1) is 0 Å². The number of rotatable bonds is 2. The normalized spacial score (nSPS) is 20.5. The van der Waals surface area contributed by atoms with E-state index in [1.54, 1.807) is 29.0 Å². The molecule has 0 bridgehead atoms. The van der Waals surface area contributed by atoms with Crippen LogP contribution in [-0.2, 0) is 4.79 Å². The lowest BCUT2D eigenvalue weighted by molar-refractivity contribution is -0.171. The molecule has 0 fully saturated rings. The van der Waals surface area contributed by atoms with E-state index < -0.39 is 33.4 Å². The third-order valence-corrected chi connectivity index (χ3v) is 5.31. The monoisotopic (exact) mass is 339 g/mol. The van der Waals surface area contributed by atoms with E-state index in [1.807, 2.05) is 6.92 Å². The first-order valence-electron chi connectivity index (χ1n) is 5.72. The molecular weight excluding hydrogens is 330 g/mol. The molecule has 0 saturated carbocycles. The van der Waals surface area contributed by atoms with Crippen LogP contribution >= 0.6 is 22.7 Å². The molecule has 1 N–H and O–H groups in total. The molecule has 0 aliphatic carbocycles. The van der Waals surface area contributed by atoms with Crippen molar-refractivity contribution in [2.75, 3.05) is 0 Å². The number of allylic oxidation sites excluding steroid dienone is 2. The smallest absolute Gasteiger partial charge is 0.304 e. The van der Waals surface area contributed by atoms with Gasteiger partial charge in [0.1, 0.15) is 10.2 Å². The van der Waals surface area contributed by atoms with Crippen molar-refractivity contribution in [3.63, 3.8) is 0 Å². The summed E-state index contributed by atoms with van der Waals surface area (Å²) in [7, 11) is 0. The van der Waals surface area contributed by atoms with E-state index in [1.165, 1.54) is 0 Å². The summed E-state index contributed by atoms with van der Waals surface area (Å²) in [6.45, 7) is 1.84. The van der Waals surface area contributed by atoms with Gasteiger partial charge in [-0.15, -0.1) is 11.1 Å². The minimum absolute atomic E-state index is 0.241. The molecule has 2 rings (SSSR count). The average molecular weight is 340 g/mol. The predicted octanol–water partition coefficient (Wildman–Crippen LogP) is 4.32. The fraction of sp³-hybridized carbons (Fsp3) is 0.154. The van der Waals surface area contributed by atoms with E-state index in [9.17, 15) is 22.4 Å². The van der Waals surface area contributed by atoms with Crippen LogP contribution in [0, 0.1) is 6.92 Å². The fourth-order valence-corrected chi connectivity index (χ4v) is 3.81. The highest BCUT2D eigenvalue weighted by Crippen LogP contribution is 2.54. The molecule has 1 aromatic rings. The van der Waals surface area contributed by atoms with Gasteiger partial charge in [0, 0.05) is 4.91 Å². The zero-order valence-electron chi connectivity index (χ0n) is 10.6. The highest BCUT2D eigenvalue weighted by molar-refractivity contribution is 8.28. The van der Waals surface area contributed by atoms with Crippen molar-refractivity contribution in [3.8, 4) is 0 Å². The van der Waals surface area contributed by atoms with Gasteiger partial charge < -0.3 is 4.72 Å². The topological polar surface area (TPSA) is 29.1 Å². The molecule has 0 aromatic heterocycles. The Morgan fingerprint density at radius 1 is 1.24 bits per heavy atom. The average Bonchev–Trinajstić information content (AvgIpc) is 2.67. The Labute approximate surface area is 126 Å². The second-order valence-electron chi connectivity index (χ2n) is 4.31. The summed E-state index contributed by atoms with van der Waals surface area (Å²) in [4.78, 5) is 11.3. The Balaban J connectivity index is 2.31. The lowest BCUT2D eigenvalue weighted by Gasteiger charge is -2.22. The van der Waals surface area contributed by atoms with Crippen LogP contribution in [0.2, 0.25) is 0 Å². The van der Waals surface area contributed by atoms with Gasteiger partial charge in [-0.2, -0.15) is 13.2 Å². The summed E-state index contributed by atoms with van der Waals surface area (Å²) in [5, 5.41) is 0. The first-order chi connectivity index (χ1) is 9.70. The van der Waals surface area contributed by atoms with Crippen molar-refractivity contribution in [3.05, 3.63) is 51.7 Å². The van der Waals surface area contributed by atoms with Crippen LogP contribution in [0.5, 0.6) is 0 Å². The molecule has 1 unspecified atom stereocenters. The summed E-state index contributed by atoms with van der Waals surface area (Å²) in [5.41, 5.74) is 1.46. The number of aryl methyl sites for hydroxylation is 1. The van der Waals surface area contributed by atoms with Gasteiger partial charge in [-0.05, 0) is 18.6 Å². The molecule has 1 aliphatic rings. The van der Waals surface area contributed by atoms with Crippen LogP contribution < -0.4 is 4.72 Å². The lowest BCUT2D eigenvalue weighted by Crippen LogP contribution is -2.34. The van der Waals surface area contributed by atoms with Crippen LogP contribution in [0.3, 0.4) is 0 Å². The number of hydrogen-bond acceptors (Lipinski definition) is 1. The van der Waals surface area contributed by atoms with Crippen molar-refractivity contribution in [2.45, 2.75) is 13.1 Å². The SMILES string of the molecule is Cc1ccc(C2=CC(F)=C(Cl)[SH]2NC(=O)C(F)(F)F)cc1. The Hall–Kier alpha value is -1.47. The Morgan fingerprint density at radius 3 is 2.33 bits per heavy atom. The van der Waals surface area contributed by atoms with Crippen molar-refractivity contribution in [1.29, 1.82) is 0 Å². The number of carbonyl (C=O) groups excluding carboxylic acids is 1. The summed E-state index contributed by atoms with van der Waals surface area (Å²) in [6, 6.07) is 6.75. The van der Waals surface area contributed by atoms with Gasteiger partial charge in [0.25, 0.3) is 0 Å². The Bertz CT molecular complexity index is 637. The Kier molecular flexibility index (Phi) is 4.34. The molecule has 1 aromatic carbocycles. The quantitative estimate of drug-likeness (QED) is 0.610. The van der Waals surface area contributed by atoms with Crippen LogP contribution in [0.25, 0.3) is 4.91 Å². The molecule has 1 atom stereocenters. The van der Waals surface area contributed by atoms with Crippen LogP contribution in [0.4, 0.5) is 17.6 Å². The van der Waals surface area contributed by atoms with E-state index in [0.29, 0.717) is 5.56 Å². The number of alkyl halides is 3. The number of thiol groups is 1. The van der Waals surface area contributed by atoms with Gasteiger partial charge in [0.2, 0.25) is 0 Å². The first-order valence-corrected chi connectivity index (χ1v) is 7.44. The number of carbonyl (C=O) groups is 1. The maximum absolute atomic E-state index is 13.6. The zero-order valence-corrected chi connectivity index (χ0v) is 12.3. The maximum Gasteiger partial charge on any atom is 0.472 e. The van der Waals surface area contributed by atoms with Crippen molar-refractivity contribution < 1.29 is 22.4 Å². The minimum atomic E-state index is -5.04. The zero-order chi connectivity index (χ0) is 15.8. The standard InChI is InChI=1S/C13H10ClF4NOS/c1-7-2-4-8(5-3-7)10-6-9(15)11(14)21(10)19-12(20)13(16,17)18/h2-6,21H,1H3,(H,19,20). The predicted molar refractivity (Wildman–Crippen MR) is 76.3 cm³/mol. The number of benzene rings is 1. The third kappa shape index (κ3) is 3.41. The molecule has 0 radical (unpaired) electrons. The van der Waals surface area contributed by atoms with E-state index in [4.69, 9.17) is 11.6 Å². The lowest BCUT2D eigenvalue weighted by atomic mass is 10.1. The van der Waals surface area contributed by atoms with Crippen LogP contribution in [-0.4, -0.2) is 12.1 Å². The molecule has 2 nitrogen and oxygen atoms in total. The van der Waals surface area contributed by atoms with E-state index in [-0.39, 0.29) is 4.91 Å². The summed E-state index contributed by atoms with van der Waals surface area (Å²) in [6.07, 6.45) is -3.99. The third-order valence-electron chi connectivity index (χ3n) is 2.72. The molecule has 8 heteroatoms. The van der Waals surface area contributed by atoms with Crippen LogP contribution in [0.15, 0.2) is 40.5 Å². The highest BCUT2D eigenvalue weighted by Gasteiger charge is 2.41. The van der Waals surface area contributed by atoms with Crippen molar-refractivity contribution in [1.82, 2.24) is 4.72 Å². The number of amides is 1. The number of nitrogens with one attached hydrogen (secondary N) is 1. The highest BCUT2D eigenvalue weighted by atomic mass is 35.5. The number of halogens is 5. The minimum Gasteiger partial charge on any atom is -0.304 e. The Morgan fingerprint density at radius 2 is 1.81 bits per heavy atom. The molecular formula is C13H10ClF4NOS.